The van der Waals surface area contributed by atoms with Gasteiger partial charge in [0.2, 0.25) is 0 Å². The summed E-state index contributed by atoms with van der Waals surface area (Å²) in [5.41, 5.74) is 2.39. The van der Waals surface area contributed by atoms with Gasteiger partial charge in [0.25, 0.3) is 0 Å². The zero-order valence-corrected chi connectivity index (χ0v) is 14.7. The molecule has 1 heteroatoms. The smallest absolute Gasteiger partial charge is 0.119 e. The summed E-state index contributed by atoms with van der Waals surface area (Å²) in [6.45, 7) is 5.29. The molecule has 1 aliphatic carbocycles. The second-order valence-electron chi connectivity index (χ2n) is 6.49. The lowest BCUT2D eigenvalue weighted by molar-refractivity contribution is 0.306. The van der Waals surface area contributed by atoms with Gasteiger partial charge in [-0.05, 0) is 61.4 Å². The molecule has 0 amide bonds. The van der Waals surface area contributed by atoms with Crippen LogP contribution in [0.15, 0.2) is 35.9 Å². The van der Waals surface area contributed by atoms with E-state index in [2.05, 4.69) is 43.9 Å². The highest BCUT2D eigenvalue weighted by molar-refractivity contribution is 5.43. The Bertz CT molecular complexity index is 542. The molecule has 0 aliphatic heterocycles. The van der Waals surface area contributed by atoms with Crippen molar-refractivity contribution in [2.75, 3.05) is 6.61 Å². The zero-order valence-electron chi connectivity index (χ0n) is 14.7. The molecule has 23 heavy (non-hydrogen) atoms. The van der Waals surface area contributed by atoms with Crippen molar-refractivity contribution < 1.29 is 4.74 Å². The van der Waals surface area contributed by atoms with Crippen LogP contribution in [0.25, 0.3) is 0 Å². The lowest BCUT2D eigenvalue weighted by Gasteiger charge is -2.18. The number of allylic oxidation sites excluding steroid dienone is 2. The van der Waals surface area contributed by atoms with Gasteiger partial charge >= 0.3 is 0 Å². The Morgan fingerprint density at radius 3 is 2.52 bits per heavy atom. The molecule has 1 aromatic rings. The maximum absolute atomic E-state index is 5.73. The molecular weight excluding hydrogens is 280 g/mol. The number of rotatable bonds is 7. The quantitative estimate of drug-likeness (QED) is 0.434. The molecule has 0 aromatic heterocycles. The van der Waals surface area contributed by atoms with Crippen molar-refractivity contribution in [2.45, 2.75) is 65.2 Å². The first kappa shape index (κ1) is 17.7. The van der Waals surface area contributed by atoms with Crippen LogP contribution in [-0.4, -0.2) is 6.61 Å². The minimum Gasteiger partial charge on any atom is -0.494 e. The number of benzene rings is 1. The molecule has 1 nitrogen and oxygen atoms in total. The molecule has 2 rings (SSSR count). The number of ether oxygens (including phenoxy) is 1. The molecular formula is C22H30O. The van der Waals surface area contributed by atoms with Crippen molar-refractivity contribution in [3.63, 3.8) is 0 Å². The van der Waals surface area contributed by atoms with Gasteiger partial charge in [0.1, 0.15) is 5.75 Å². The third-order valence-electron chi connectivity index (χ3n) is 4.45. The normalized spacial score (nSPS) is 17.1. The van der Waals surface area contributed by atoms with Gasteiger partial charge < -0.3 is 4.74 Å². The van der Waals surface area contributed by atoms with E-state index in [9.17, 15) is 0 Å². The highest BCUT2D eigenvalue weighted by Crippen LogP contribution is 2.26. The average molecular weight is 310 g/mol. The molecule has 1 atom stereocenters. The van der Waals surface area contributed by atoms with Crippen molar-refractivity contribution in [2.24, 2.45) is 5.92 Å². The van der Waals surface area contributed by atoms with E-state index in [1.165, 1.54) is 44.1 Å². The fourth-order valence-electron chi connectivity index (χ4n) is 3.00. The molecule has 0 radical (unpaired) electrons. The van der Waals surface area contributed by atoms with Crippen LogP contribution in [-0.2, 0) is 0 Å². The van der Waals surface area contributed by atoms with E-state index in [4.69, 9.17) is 4.74 Å². The van der Waals surface area contributed by atoms with Crippen LogP contribution < -0.4 is 4.74 Å². The molecule has 0 heterocycles. The molecule has 0 spiro atoms. The van der Waals surface area contributed by atoms with Crippen molar-refractivity contribution >= 4 is 0 Å². The summed E-state index contributed by atoms with van der Waals surface area (Å²) < 4.78 is 5.73. The molecule has 0 bridgehead atoms. The molecule has 124 valence electrons. The number of hydrogen-bond donors (Lipinski definition) is 0. The second kappa shape index (κ2) is 10.2. The molecule has 1 aromatic carbocycles. The van der Waals surface area contributed by atoms with Gasteiger partial charge in [-0.3, -0.25) is 0 Å². The first-order valence-corrected chi connectivity index (χ1v) is 9.25. The highest BCUT2D eigenvalue weighted by Gasteiger charge is 2.12. The largest absolute Gasteiger partial charge is 0.494 e. The maximum Gasteiger partial charge on any atom is 0.119 e. The van der Waals surface area contributed by atoms with Crippen LogP contribution in [0.3, 0.4) is 0 Å². The summed E-state index contributed by atoms with van der Waals surface area (Å²) in [6.07, 6.45) is 12.3. The van der Waals surface area contributed by atoms with Crippen LogP contribution in [0.2, 0.25) is 0 Å². The third-order valence-corrected chi connectivity index (χ3v) is 4.45. The van der Waals surface area contributed by atoms with Crippen molar-refractivity contribution in [1.82, 2.24) is 0 Å². The van der Waals surface area contributed by atoms with Gasteiger partial charge in [-0.2, -0.15) is 0 Å². The van der Waals surface area contributed by atoms with Gasteiger partial charge in [-0.25, -0.2) is 0 Å². The second-order valence-corrected chi connectivity index (χ2v) is 6.49. The van der Waals surface area contributed by atoms with Crippen molar-refractivity contribution in [3.05, 3.63) is 41.5 Å². The topological polar surface area (TPSA) is 9.23 Å². The minimum atomic E-state index is 0.810. The Morgan fingerprint density at radius 1 is 1.04 bits per heavy atom. The summed E-state index contributed by atoms with van der Waals surface area (Å²) in [6, 6.07) is 8.18. The van der Waals surface area contributed by atoms with Crippen molar-refractivity contribution in [1.29, 1.82) is 0 Å². The maximum atomic E-state index is 5.73. The minimum absolute atomic E-state index is 0.810. The van der Waals surface area contributed by atoms with Gasteiger partial charge in [-0.15, -0.1) is 0 Å². The van der Waals surface area contributed by atoms with E-state index in [1.807, 2.05) is 12.1 Å². The predicted octanol–water partition coefficient (Wildman–Crippen LogP) is 6.13. The van der Waals surface area contributed by atoms with E-state index >= 15 is 0 Å². The Balaban J connectivity index is 1.82. The van der Waals surface area contributed by atoms with Crippen molar-refractivity contribution in [3.8, 4) is 17.6 Å². The SMILES string of the molecule is CCCCCOc1ccc(C#CC2=CCC(CCC)CC2)cc1. The van der Waals surface area contributed by atoms with E-state index in [0.717, 1.165) is 36.7 Å². The fourth-order valence-corrected chi connectivity index (χ4v) is 3.00. The standard InChI is InChI=1S/C22H30O/c1-3-5-6-18-23-22-16-14-21(15-17-22)13-12-20-10-8-19(7-4-2)9-11-20/h10,14-17,19H,3-9,11,18H2,1-2H3. The van der Waals surface area contributed by atoms with Gasteiger partial charge in [0.15, 0.2) is 0 Å². The van der Waals surface area contributed by atoms with Crippen LogP contribution >= 0.6 is 0 Å². The van der Waals surface area contributed by atoms with E-state index in [-0.39, 0.29) is 0 Å². The lowest BCUT2D eigenvalue weighted by Crippen LogP contribution is -2.04. The summed E-state index contributed by atoms with van der Waals surface area (Å²) >= 11 is 0. The summed E-state index contributed by atoms with van der Waals surface area (Å²) in [5.74, 6) is 8.48. The summed E-state index contributed by atoms with van der Waals surface area (Å²) in [4.78, 5) is 0. The summed E-state index contributed by atoms with van der Waals surface area (Å²) in [7, 11) is 0. The lowest BCUT2D eigenvalue weighted by atomic mass is 9.87. The Kier molecular flexibility index (Phi) is 7.81. The first-order valence-electron chi connectivity index (χ1n) is 9.25. The molecule has 0 saturated heterocycles. The van der Waals surface area contributed by atoms with Crippen LogP contribution in [0.4, 0.5) is 0 Å². The molecule has 1 unspecified atom stereocenters. The van der Waals surface area contributed by atoms with E-state index in [1.54, 1.807) is 0 Å². The Hall–Kier alpha value is -1.68. The van der Waals surface area contributed by atoms with E-state index < -0.39 is 0 Å². The Morgan fingerprint density at radius 2 is 1.87 bits per heavy atom. The predicted molar refractivity (Wildman–Crippen MR) is 98.7 cm³/mol. The van der Waals surface area contributed by atoms with E-state index in [0.29, 0.717) is 0 Å². The highest BCUT2D eigenvalue weighted by atomic mass is 16.5. The summed E-state index contributed by atoms with van der Waals surface area (Å²) in [5, 5.41) is 0. The Labute approximate surface area is 142 Å². The number of hydrogen-bond acceptors (Lipinski definition) is 1. The fraction of sp³-hybridized carbons (Fsp3) is 0.545. The van der Waals surface area contributed by atoms with Gasteiger partial charge in [0, 0.05) is 5.56 Å². The van der Waals surface area contributed by atoms with Gasteiger partial charge in [0.05, 0.1) is 6.61 Å². The average Bonchev–Trinajstić information content (AvgIpc) is 2.59. The molecule has 0 saturated carbocycles. The molecule has 1 aliphatic rings. The molecule has 0 fully saturated rings. The first-order chi connectivity index (χ1) is 11.3. The van der Waals surface area contributed by atoms with Crippen LogP contribution in [0, 0.1) is 17.8 Å². The number of unbranched alkanes of at least 4 members (excludes halogenated alkanes) is 2. The van der Waals surface area contributed by atoms with Gasteiger partial charge in [-0.1, -0.05) is 57.4 Å². The van der Waals surface area contributed by atoms with Crippen LogP contribution in [0.5, 0.6) is 5.75 Å². The van der Waals surface area contributed by atoms with Crippen LogP contribution in [0.1, 0.15) is 70.8 Å². The monoisotopic (exact) mass is 310 g/mol. The zero-order chi connectivity index (χ0) is 16.3. The molecule has 0 N–H and O–H groups in total. The third kappa shape index (κ3) is 6.53.